The first-order valence-electron chi connectivity index (χ1n) is 8.29. The van der Waals surface area contributed by atoms with E-state index in [2.05, 4.69) is 15.5 Å². The monoisotopic (exact) mass is 384 g/mol. The highest BCUT2D eigenvalue weighted by atomic mass is 32.2. The zero-order valence-electron chi connectivity index (χ0n) is 15.0. The fraction of sp³-hybridized carbons (Fsp3) is 0.158. The fourth-order valence-electron chi connectivity index (χ4n) is 2.56. The first-order valence-corrected chi connectivity index (χ1v) is 9.73. The summed E-state index contributed by atoms with van der Waals surface area (Å²) in [5, 5.41) is 9.61. The first-order chi connectivity index (χ1) is 12.9. The van der Waals surface area contributed by atoms with Gasteiger partial charge in [-0.15, -0.1) is 0 Å². The summed E-state index contributed by atoms with van der Waals surface area (Å²) in [5.74, 6) is -0.360. The number of nitrogens with zero attached hydrogens (tertiary/aromatic N) is 2. The van der Waals surface area contributed by atoms with Gasteiger partial charge in [0.25, 0.3) is 5.91 Å². The van der Waals surface area contributed by atoms with Gasteiger partial charge in [0.15, 0.2) is 0 Å². The van der Waals surface area contributed by atoms with Crippen LogP contribution in [-0.4, -0.2) is 42.9 Å². The molecular formula is C19H20N4O3S. The van der Waals surface area contributed by atoms with Crippen molar-refractivity contribution < 1.29 is 13.2 Å². The van der Waals surface area contributed by atoms with Crippen LogP contribution in [0.25, 0.3) is 11.3 Å². The topological polar surface area (TPSA) is 95.2 Å². The van der Waals surface area contributed by atoms with E-state index in [0.717, 1.165) is 9.87 Å². The van der Waals surface area contributed by atoms with Crippen LogP contribution in [0.1, 0.15) is 16.1 Å². The lowest BCUT2D eigenvalue weighted by atomic mass is 10.1. The highest BCUT2D eigenvalue weighted by Crippen LogP contribution is 2.19. The smallest absolute Gasteiger partial charge is 0.269 e. The molecular weight excluding hydrogens is 364 g/mol. The van der Waals surface area contributed by atoms with Gasteiger partial charge in [0.2, 0.25) is 10.0 Å². The average molecular weight is 384 g/mol. The van der Waals surface area contributed by atoms with Crippen molar-refractivity contribution in [2.75, 3.05) is 14.1 Å². The summed E-state index contributed by atoms with van der Waals surface area (Å²) in [5.41, 5.74) is 2.38. The van der Waals surface area contributed by atoms with Gasteiger partial charge in [-0.25, -0.2) is 12.7 Å². The Morgan fingerprint density at radius 2 is 1.74 bits per heavy atom. The number of benzene rings is 2. The van der Waals surface area contributed by atoms with Gasteiger partial charge in [0.05, 0.1) is 10.6 Å². The fourth-order valence-corrected chi connectivity index (χ4v) is 3.68. The van der Waals surface area contributed by atoms with Crippen molar-refractivity contribution in [1.29, 1.82) is 0 Å². The summed E-state index contributed by atoms with van der Waals surface area (Å²) >= 11 is 0. The van der Waals surface area contributed by atoms with Gasteiger partial charge >= 0.3 is 0 Å². The molecule has 0 saturated carbocycles. The van der Waals surface area contributed by atoms with E-state index in [1.165, 1.54) is 20.2 Å². The number of aromatic nitrogens is 2. The predicted octanol–water partition coefficient (Wildman–Crippen LogP) is 2.26. The van der Waals surface area contributed by atoms with Crippen LogP contribution in [0.15, 0.2) is 65.6 Å². The molecule has 3 rings (SSSR count). The summed E-state index contributed by atoms with van der Waals surface area (Å²) in [7, 11) is -0.645. The molecule has 7 nitrogen and oxygen atoms in total. The predicted molar refractivity (Wildman–Crippen MR) is 103 cm³/mol. The van der Waals surface area contributed by atoms with Gasteiger partial charge in [-0.05, 0) is 17.7 Å². The molecule has 0 spiro atoms. The molecule has 0 aliphatic heterocycles. The van der Waals surface area contributed by atoms with Crippen LogP contribution in [0, 0.1) is 0 Å². The molecule has 1 heterocycles. The second-order valence-corrected chi connectivity index (χ2v) is 8.23. The minimum absolute atomic E-state index is 0.0851. The highest BCUT2D eigenvalue weighted by Gasteiger charge is 2.21. The number of nitrogens with one attached hydrogen (secondary N) is 2. The molecule has 140 valence electrons. The van der Waals surface area contributed by atoms with Gasteiger partial charge in [-0.1, -0.05) is 48.5 Å². The number of sulfonamides is 1. The number of hydrogen-bond acceptors (Lipinski definition) is 4. The zero-order valence-corrected chi connectivity index (χ0v) is 15.8. The third-order valence-electron chi connectivity index (χ3n) is 4.06. The van der Waals surface area contributed by atoms with E-state index in [0.29, 0.717) is 17.0 Å². The Labute approximate surface area is 158 Å². The highest BCUT2D eigenvalue weighted by molar-refractivity contribution is 7.89. The van der Waals surface area contributed by atoms with Crippen molar-refractivity contribution in [3.63, 3.8) is 0 Å². The Balaban J connectivity index is 1.75. The van der Waals surface area contributed by atoms with Gasteiger partial charge in [0.1, 0.15) is 5.69 Å². The summed E-state index contributed by atoms with van der Waals surface area (Å²) in [6.45, 7) is 0.0851. The van der Waals surface area contributed by atoms with Crippen molar-refractivity contribution in [2.45, 2.75) is 11.4 Å². The van der Waals surface area contributed by atoms with E-state index in [1.807, 2.05) is 30.3 Å². The van der Waals surface area contributed by atoms with E-state index < -0.39 is 10.0 Å². The molecule has 0 bridgehead atoms. The van der Waals surface area contributed by atoms with Crippen molar-refractivity contribution in [2.24, 2.45) is 0 Å². The van der Waals surface area contributed by atoms with Gasteiger partial charge < -0.3 is 5.32 Å². The average Bonchev–Trinajstić information content (AvgIpc) is 3.17. The molecule has 0 fully saturated rings. The van der Waals surface area contributed by atoms with Gasteiger partial charge in [-0.3, -0.25) is 9.89 Å². The Morgan fingerprint density at radius 1 is 1.07 bits per heavy atom. The molecule has 2 N–H and O–H groups in total. The number of H-pyrrole nitrogens is 1. The van der Waals surface area contributed by atoms with Crippen molar-refractivity contribution >= 4 is 15.9 Å². The van der Waals surface area contributed by atoms with E-state index in [-0.39, 0.29) is 17.3 Å². The SMILES string of the molecule is CN(C)S(=O)(=O)c1ccccc1CNC(=O)c1cc(-c2ccccc2)n[nH]1. The maximum atomic E-state index is 12.4. The summed E-state index contributed by atoms with van der Waals surface area (Å²) in [4.78, 5) is 12.6. The lowest BCUT2D eigenvalue weighted by molar-refractivity contribution is 0.0945. The van der Waals surface area contributed by atoms with Gasteiger partial charge in [-0.2, -0.15) is 5.10 Å². The lowest BCUT2D eigenvalue weighted by Crippen LogP contribution is -2.27. The molecule has 0 unspecified atom stereocenters. The summed E-state index contributed by atoms with van der Waals surface area (Å²) in [6, 6.07) is 17.8. The molecule has 27 heavy (non-hydrogen) atoms. The number of amides is 1. The van der Waals surface area contributed by atoms with Gasteiger partial charge in [0, 0.05) is 26.2 Å². The van der Waals surface area contributed by atoms with E-state index in [1.54, 1.807) is 24.3 Å². The molecule has 1 aromatic heterocycles. The summed E-state index contributed by atoms with van der Waals surface area (Å²) in [6.07, 6.45) is 0. The molecule has 1 amide bonds. The molecule has 2 aromatic carbocycles. The third-order valence-corrected chi connectivity index (χ3v) is 5.98. The second kappa shape index (κ2) is 7.73. The van der Waals surface area contributed by atoms with Crippen LogP contribution >= 0.6 is 0 Å². The van der Waals surface area contributed by atoms with E-state index in [4.69, 9.17) is 0 Å². The zero-order chi connectivity index (χ0) is 19.4. The lowest BCUT2D eigenvalue weighted by Gasteiger charge is -2.15. The van der Waals surface area contributed by atoms with Crippen LogP contribution in [-0.2, 0) is 16.6 Å². The standard InChI is InChI=1S/C19H20N4O3S/c1-23(2)27(25,26)18-11-7-6-10-15(18)13-20-19(24)17-12-16(21-22-17)14-8-4-3-5-9-14/h3-12H,13H2,1-2H3,(H,20,24)(H,21,22). The second-order valence-electron chi connectivity index (χ2n) is 6.11. The summed E-state index contributed by atoms with van der Waals surface area (Å²) < 4.78 is 26.0. The Hall–Kier alpha value is -2.97. The number of rotatable bonds is 6. The minimum atomic E-state index is -3.59. The van der Waals surface area contributed by atoms with Crippen LogP contribution in [0.4, 0.5) is 0 Å². The largest absolute Gasteiger partial charge is 0.347 e. The number of hydrogen-bond donors (Lipinski definition) is 2. The molecule has 3 aromatic rings. The van der Waals surface area contributed by atoms with E-state index >= 15 is 0 Å². The Bertz CT molecular complexity index is 1040. The minimum Gasteiger partial charge on any atom is -0.347 e. The molecule has 0 atom stereocenters. The third kappa shape index (κ3) is 4.07. The number of aromatic amines is 1. The Kier molecular flexibility index (Phi) is 5.38. The molecule has 0 saturated heterocycles. The normalized spacial score (nSPS) is 11.5. The van der Waals surface area contributed by atoms with Crippen LogP contribution < -0.4 is 5.32 Å². The maximum absolute atomic E-state index is 12.4. The molecule has 8 heteroatoms. The number of carbonyl (C=O) groups excluding carboxylic acids is 1. The quantitative estimate of drug-likeness (QED) is 0.681. The van der Waals surface area contributed by atoms with Crippen LogP contribution in [0.2, 0.25) is 0 Å². The molecule has 0 radical (unpaired) electrons. The van der Waals surface area contributed by atoms with Crippen LogP contribution in [0.5, 0.6) is 0 Å². The maximum Gasteiger partial charge on any atom is 0.269 e. The van der Waals surface area contributed by atoms with Crippen LogP contribution in [0.3, 0.4) is 0 Å². The van der Waals surface area contributed by atoms with Crippen molar-refractivity contribution in [3.8, 4) is 11.3 Å². The van der Waals surface area contributed by atoms with Crippen molar-refractivity contribution in [3.05, 3.63) is 71.9 Å². The number of carbonyl (C=O) groups is 1. The Morgan fingerprint density at radius 3 is 2.44 bits per heavy atom. The first kappa shape index (κ1) is 18.8. The van der Waals surface area contributed by atoms with Crippen molar-refractivity contribution in [1.82, 2.24) is 19.8 Å². The molecule has 0 aliphatic carbocycles. The molecule has 0 aliphatic rings. The van der Waals surface area contributed by atoms with E-state index in [9.17, 15) is 13.2 Å².